The Balaban J connectivity index is 2.69. The van der Waals surface area contributed by atoms with Crippen molar-refractivity contribution >= 4 is 35.7 Å². The fourth-order valence-corrected chi connectivity index (χ4v) is 2.12. The molecule has 0 saturated carbocycles. The molecule has 1 aromatic heterocycles. The summed E-state index contributed by atoms with van der Waals surface area (Å²) in [6.07, 6.45) is 1.79. The van der Waals surface area contributed by atoms with Gasteiger partial charge >= 0.3 is 0 Å². The monoisotopic (exact) mass is 277 g/mol. The van der Waals surface area contributed by atoms with E-state index in [0.717, 1.165) is 17.0 Å². The van der Waals surface area contributed by atoms with Crippen LogP contribution in [0.1, 0.15) is 5.69 Å². The van der Waals surface area contributed by atoms with E-state index in [-0.39, 0.29) is 0 Å². The van der Waals surface area contributed by atoms with Crippen molar-refractivity contribution in [2.75, 3.05) is 5.75 Å². The van der Waals surface area contributed by atoms with E-state index in [1.54, 1.807) is 15.1 Å². The summed E-state index contributed by atoms with van der Waals surface area (Å²) in [6.45, 7) is 3.93. The van der Waals surface area contributed by atoms with Crippen molar-refractivity contribution in [1.29, 1.82) is 0 Å². The van der Waals surface area contributed by atoms with Gasteiger partial charge in [0.25, 0.3) is 0 Å². The Morgan fingerprint density at radius 3 is 3.00 bits per heavy atom. The van der Waals surface area contributed by atoms with E-state index in [2.05, 4.69) is 32.8 Å². The van der Waals surface area contributed by atoms with Crippen LogP contribution < -0.4 is 0 Å². The van der Waals surface area contributed by atoms with Crippen molar-refractivity contribution in [1.82, 2.24) is 4.98 Å². The van der Waals surface area contributed by atoms with Gasteiger partial charge in [0, 0.05) is 11.9 Å². The van der Waals surface area contributed by atoms with E-state index in [4.69, 9.17) is 0 Å². The summed E-state index contributed by atoms with van der Waals surface area (Å²) < 4.78 is 0. The van der Waals surface area contributed by atoms with Crippen molar-refractivity contribution in [3.63, 3.8) is 0 Å². The molecule has 1 rings (SSSR count). The lowest BCUT2D eigenvalue weighted by molar-refractivity contribution is 1.27. The zero-order chi connectivity index (χ0) is 8.10. The smallest absolute Gasteiger partial charge is 0.0664 e. The van der Waals surface area contributed by atoms with E-state index in [1.165, 1.54) is 0 Å². The van der Waals surface area contributed by atoms with Gasteiger partial charge in [0.2, 0.25) is 0 Å². The third-order valence-electron chi connectivity index (χ3n) is 1.26. The van der Waals surface area contributed by atoms with E-state index >= 15 is 0 Å². The number of hydrogen-bond donors (Lipinski definition) is 0. The van der Waals surface area contributed by atoms with Crippen molar-refractivity contribution in [2.24, 2.45) is 0 Å². The van der Waals surface area contributed by atoms with Crippen LogP contribution in [-0.4, -0.2) is 10.7 Å². The largest absolute Gasteiger partial charge is 0.257 e. The molecular weight excluding hydrogens is 269 g/mol. The molecule has 11 heavy (non-hydrogen) atoms. The van der Waals surface area contributed by atoms with Gasteiger partial charge in [-0.3, -0.25) is 4.98 Å². The number of halogens is 1. The summed E-state index contributed by atoms with van der Waals surface area (Å²) in [6, 6.07) is 5.87. The molecule has 0 unspecified atom stereocenters. The molecule has 0 bridgehead atoms. The van der Waals surface area contributed by atoms with Crippen LogP contribution >= 0.6 is 30.1 Å². The first kappa shape index (κ1) is 9.06. The molecule has 0 spiro atoms. The van der Waals surface area contributed by atoms with Gasteiger partial charge in [-0.2, -0.15) is 0 Å². The van der Waals surface area contributed by atoms with Crippen LogP contribution in [-0.2, 0) is 0 Å². The second-order valence-corrected chi connectivity index (χ2v) is 4.45. The van der Waals surface area contributed by atoms with Crippen LogP contribution in [0.25, 0.3) is 5.57 Å². The maximum absolute atomic E-state index is 4.18. The standard InChI is InChI=1S/C8H8INS/c1-7(6-11-9)8-4-2-3-5-10-8/h2-5H,1,6H2. The first-order chi connectivity index (χ1) is 5.34. The lowest BCUT2D eigenvalue weighted by Gasteiger charge is -1.99. The summed E-state index contributed by atoms with van der Waals surface area (Å²) in [5.74, 6) is 0.942. The number of rotatable bonds is 3. The molecule has 0 saturated heterocycles. The Bertz CT molecular complexity index is 235. The van der Waals surface area contributed by atoms with Crippen LogP contribution in [0.4, 0.5) is 0 Å². The molecule has 3 heteroatoms. The Kier molecular flexibility index (Phi) is 3.93. The zero-order valence-corrected chi connectivity index (χ0v) is 8.93. The highest BCUT2D eigenvalue weighted by atomic mass is 127. The van der Waals surface area contributed by atoms with Crippen LogP contribution in [0.3, 0.4) is 0 Å². The molecule has 1 aromatic rings. The molecule has 0 radical (unpaired) electrons. The predicted molar refractivity (Wildman–Crippen MR) is 59.7 cm³/mol. The van der Waals surface area contributed by atoms with Gasteiger partial charge in [0.05, 0.1) is 5.69 Å². The fourth-order valence-electron chi connectivity index (χ4n) is 0.712. The van der Waals surface area contributed by atoms with E-state index in [0.29, 0.717) is 0 Å². The average Bonchev–Trinajstić information content (AvgIpc) is 2.07. The minimum Gasteiger partial charge on any atom is -0.257 e. The molecular formula is C8H8INS. The summed E-state index contributed by atoms with van der Waals surface area (Å²) in [4.78, 5) is 4.18. The van der Waals surface area contributed by atoms with E-state index in [9.17, 15) is 0 Å². The van der Waals surface area contributed by atoms with Gasteiger partial charge in [-0.05, 0) is 38.9 Å². The maximum Gasteiger partial charge on any atom is 0.0664 e. The van der Waals surface area contributed by atoms with Gasteiger partial charge in [-0.1, -0.05) is 21.6 Å². The second-order valence-electron chi connectivity index (χ2n) is 2.07. The van der Waals surface area contributed by atoms with Gasteiger partial charge < -0.3 is 0 Å². The van der Waals surface area contributed by atoms with E-state index < -0.39 is 0 Å². The minimum atomic E-state index is 0.942. The molecule has 1 nitrogen and oxygen atoms in total. The van der Waals surface area contributed by atoms with Crippen LogP contribution in [0.5, 0.6) is 0 Å². The predicted octanol–water partition coefficient (Wildman–Crippen LogP) is 3.18. The fraction of sp³-hybridized carbons (Fsp3) is 0.125. The molecule has 0 aliphatic carbocycles. The molecule has 0 aromatic carbocycles. The molecule has 0 aliphatic rings. The summed E-state index contributed by atoms with van der Waals surface area (Å²) in [5, 5.41) is 0. The molecule has 0 aliphatic heterocycles. The van der Waals surface area contributed by atoms with E-state index in [1.807, 2.05) is 18.2 Å². The van der Waals surface area contributed by atoms with Crippen molar-refractivity contribution in [3.8, 4) is 0 Å². The van der Waals surface area contributed by atoms with Crippen molar-refractivity contribution in [3.05, 3.63) is 36.7 Å². The highest BCUT2D eigenvalue weighted by molar-refractivity contribution is 14.2. The normalized spacial score (nSPS) is 9.55. The van der Waals surface area contributed by atoms with Crippen molar-refractivity contribution < 1.29 is 0 Å². The number of hydrogen-bond acceptors (Lipinski definition) is 2. The number of nitrogens with zero attached hydrogens (tertiary/aromatic N) is 1. The lowest BCUT2D eigenvalue weighted by atomic mass is 10.2. The second kappa shape index (κ2) is 4.77. The van der Waals surface area contributed by atoms with Crippen LogP contribution in [0, 0.1) is 0 Å². The minimum absolute atomic E-state index is 0.942. The van der Waals surface area contributed by atoms with Crippen LogP contribution in [0.2, 0.25) is 0 Å². The third-order valence-corrected chi connectivity index (χ3v) is 2.65. The van der Waals surface area contributed by atoms with Crippen molar-refractivity contribution in [2.45, 2.75) is 0 Å². The Morgan fingerprint density at radius 2 is 2.45 bits per heavy atom. The summed E-state index contributed by atoms with van der Waals surface area (Å²) in [7, 11) is 1.74. The molecule has 58 valence electrons. The Hall–Kier alpha value is -0.0300. The lowest BCUT2D eigenvalue weighted by Crippen LogP contribution is -1.87. The highest BCUT2D eigenvalue weighted by Crippen LogP contribution is 2.19. The van der Waals surface area contributed by atoms with Gasteiger partial charge in [0.1, 0.15) is 0 Å². The molecule has 0 atom stereocenters. The molecule has 1 heterocycles. The quantitative estimate of drug-likeness (QED) is 0.787. The zero-order valence-electron chi connectivity index (χ0n) is 5.96. The molecule has 0 N–H and O–H groups in total. The molecule has 0 amide bonds. The summed E-state index contributed by atoms with van der Waals surface area (Å²) >= 11 is 2.26. The maximum atomic E-state index is 4.18. The van der Waals surface area contributed by atoms with Gasteiger partial charge in [-0.25, -0.2) is 0 Å². The topological polar surface area (TPSA) is 12.9 Å². The first-order valence-electron chi connectivity index (χ1n) is 3.17. The van der Waals surface area contributed by atoms with Crippen LogP contribution in [0.15, 0.2) is 31.0 Å². The highest BCUT2D eigenvalue weighted by Gasteiger charge is 1.96. The Labute approximate surface area is 82.9 Å². The third kappa shape index (κ3) is 2.83. The average molecular weight is 277 g/mol. The summed E-state index contributed by atoms with van der Waals surface area (Å²) in [5.41, 5.74) is 2.08. The number of pyridine rings is 1. The molecule has 0 fully saturated rings. The number of aromatic nitrogens is 1. The SMILES string of the molecule is C=C(CSI)c1ccccn1. The van der Waals surface area contributed by atoms with Gasteiger partial charge in [-0.15, -0.1) is 0 Å². The van der Waals surface area contributed by atoms with Gasteiger partial charge in [0.15, 0.2) is 0 Å². The Morgan fingerprint density at radius 1 is 1.64 bits per heavy atom. The first-order valence-corrected chi connectivity index (χ1v) is 6.70.